The summed E-state index contributed by atoms with van der Waals surface area (Å²) in [7, 11) is 0. The molecule has 8 rings (SSSR count). The predicted octanol–water partition coefficient (Wildman–Crippen LogP) is 12.3. The average Bonchev–Trinajstić information content (AvgIpc) is 3.11. The largest absolute Gasteiger partial charge is 0.0622 e. The van der Waals surface area contributed by atoms with Crippen LogP contribution < -0.4 is 0 Å². The van der Waals surface area contributed by atoms with Gasteiger partial charge in [-0.05, 0) is 89.3 Å². The lowest BCUT2D eigenvalue weighted by atomic mass is 9.83. The van der Waals surface area contributed by atoms with Crippen molar-refractivity contribution in [1.82, 2.24) is 0 Å². The third kappa shape index (κ3) is 4.58. The molecule has 0 atom stereocenters. The van der Waals surface area contributed by atoms with Crippen LogP contribution in [-0.4, -0.2) is 0 Å². The molecule has 0 heteroatoms. The minimum Gasteiger partial charge on any atom is -0.0622 e. The number of hydrogen-bond donors (Lipinski definition) is 0. The van der Waals surface area contributed by atoms with Crippen molar-refractivity contribution in [1.29, 1.82) is 0 Å². The molecule has 0 N–H and O–H groups in total. The molecular weight excluding hydrogens is 528 g/mol. The molecule has 0 aliphatic rings. The Labute approximate surface area is 258 Å². The standard InChI is InChI=1S/C44H30/c1-4-15-31(16-5-1)34-21-14-22-35(29-34)36-27-28-41(42(30-36)32-17-6-2-7-18-32)44-39-25-12-10-23-37(39)43(33-19-8-3-9-20-33)38-24-11-13-26-40(38)44/h1-30H. The fourth-order valence-electron chi connectivity index (χ4n) is 6.64. The Bertz CT molecular complexity index is 2190. The highest BCUT2D eigenvalue weighted by atomic mass is 14.2. The Morgan fingerprint density at radius 1 is 0.205 bits per heavy atom. The molecule has 0 heterocycles. The van der Waals surface area contributed by atoms with E-state index in [4.69, 9.17) is 0 Å². The predicted molar refractivity (Wildman–Crippen MR) is 189 cm³/mol. The molecule has 44 heavy (non-hydrogen) atoms. The van der Waals surface area contributed by atoms with E-state index < -0.39 is 0 Å². The first-order valence-corrected chi connectivity index (χ1v) is 15.2. The molecule has 0 spiro atoms. The van der Waals surface area contributed by atoms with Crippen LogP contribution >= 0.6 is 0 Å². The van der Waals surface area contributed by atoms with Gasteiger partial charge in [-0.3, -0.25) is 0 Å². The second kappa shape index (κ2) is 11.2. The minimum atomic E-state index is 1.21. The fourth-order valence-corrected chi connectivity index (χ4v) is 6.64. The third-order valence-corrected chi connectivity index (χ3v) is 8.67. The lowest BCUT2D eigenvalue weighted by Gasteiger charge is -2.20. The average molecular weight is 559 g/mol. The van der Waals surface area contributed by atoms with Crippen LogP contribution in [0.25, 0.3) is 77.2 Å². The molecule has 0 fully saturated rings. The highest BCUT2D eigenvalue weighted by molar-refractivity contribution is 6.22. The topological polar surface area (TPSA) is 0 Å². The molecule has 0 saturated carbocycles. The lowest BCUT2D eigenvalue weighted by molar-refractivity contribution is 1.57. The maximum Gasteiger partial charge on any atom is -0.00201 e. The van der Waals surface area contributed by atoms with Crippen LogP contribution in [0.4, 0.5) is 0 Å². The zero-order valence-corrected chi connectivity index (χ0v) is 24.3. The van der Waals surface area contributed by atoms with Crippen LogP contribution in [0.3, 0.4) is 0 Å². The summed E-state index contributed by atoms with van der Waals surface area (Å²) in [5.41, 5.74) is 12.4. The SMILES string of the molecule is c1ccc(-c2cccc(-c3ccc(-c4c5ccccc5c(-c5ccccc5)c5ccccc45)c(-c4ccccc4)c3)c2)cc1. The van der Waals surface area contributed by atoms with Gasteiger partial charge < -0.3 is 0 Å². The summed E-state index contributed by atoms with van der Waals surface area (Å²) in [6.45, 7) is 0. The Morgan fingerprint density at radius 3 is 1.18 bits per heavy atom. The van der Waals surface area contributed by atoms with Gasteiger partial charge in [0.05, 0.1) is 0 Å². The second-order valence-electron chi connectivity index (χ2n) is 11.3. The summed E-state index contributed by atoms with van der Waals surface area (Å²) in [6.07, 6.45) is 0. The van der Waals surface area contributed by atoms with Crippen LogP contribution in [0.15, 0.2) is 182 Å². The molecular formula is C44H30. The van der Waals surface area contributed by atoms with Crippen molar-refractivity contribution in [2.24, 2.45) is 0 Å². The van der Waals surface area contributed by atoms with Crippen molar-refractivity contribution in [2.75, 3.05) is 0 Å². The van der Waals surface area contributed by atoms with Crippen molar-refractivity contribution < 1.29 is 0 Å². The zero-order valence-electron chi connectivity index (χ0n) is 24.3. The van der Waals surface area contributed by atoms with Gasteiger partial charge in [-0.25, -0.2) is 0 Å². The number of benzene rings is 8. The molecule has 8 aromatic carbocycles. The van der Waals surface area contributed by atoms with Gasteiger partial charge in [0.25, 0.3) is 0 Å². The van der Waals surface area contributed by atoms with E-state index in [1.165, 1.54) is 77.2 Å². The van der Waals surface area contributed by atoms with E-state index in [1.54, 1.807) is 0 Å². The van der Waals surface area contributed by atoms with E-state index in [1.807, 2.05) is 0 Å². The van der Waals surface area contributed by atoms with Gasteiger partial charge in [-0.15, -0.1) is 0 Å². The van der Waals surface area contributed by atoms with Gasteiger partial charge in [-0.2, -0.15) is 0 Å². The quantitative estimate of drug-likeness (QED) is 0.184. The van der Waals surface area contributed by atoms with E-state index in [9.17, 15) is 0 Å². The van der Waals surface area contributed by atoms with Crippen LogP contribution in [0.2, 0.25) is 0 Å². The molecule has 0 nitrogen and oxygen atoms in total. The molecule has 0 bridgehead atoms. The molecule has 8 aromatic rings. The molecule has 0 radical (unpaired) electrons. The lowest BCUT2D eigenvalue weighted by Crippen LogP contribution is -1.93. The first kappa shape index (κ1) is 25.9. The molecule has 0 amide bonds. The van der Waals surface area contributed by atoms with Gasteiger partial charge in [0.2, 0.25) is 0 Å². The molecule has 0 aliphatic heterocycles. The summed E-state index contributed by atoms with van der Waals surface area (Å²) in [5, 5.41) is 5.07. The molecule has 0 aliphatic carbocycles. The summed E-state index contributed by atoms with van der Waals surface area (Å²) in [5.74, 6) is 0. The van der Waals surface area contributed by atoms with Crippen LogP contribution in [-0.2, 0) is 0 Å². The second-order valence-corrected chi connectivity index (χ2v) is 11.3. The van der Waals surface area contributed by atoms with E-state index in [0.717, 1.165) is 0 Å². The number of rotatable bonds is 5. The molecule has 0 saturated heterocycles. The Hall–Kier alpha value is -5.72. The summed E-state index contributed by atoms with van der Waals surface area (Å²) < 4.78 is 0. The number of hydrogen-bond acceptors (Lipinski definition) is 0. The van der Waals surface area contributed by atoms with E-state index in [0.29, 0.717) is 0 Å². The van der Waals surface area contributed by atoms with Gasteiger partial charge in [0.15, 0.2) is 0 Å². The van der Waals surface area contributed by atoms with E-state index in [-0.39, 0.29) is 0 Å². The smallest absolute Gasteiger partial charge is 0.00201 e. The molecule has 0 aromatic heterocycles. The Morgan fingerprint density at radius 2 is 0.614 bits per heavy atom. The van der Waals surface area contributed by atoms with Gasteiger partial charge >= 0.3 is 0 Å². The number of fused-ring (bicyclic) bond motifs is 2. The maximum atomic E-state index is 2.38. The Kier molecular flexibility index (Phi) is 6.59. The first-order valence-electron chi connectivity index (χ1n) is 15.2. The summed E-state index contributed by atoms with van der Waals surface area (Å²) in [4.78, 5) is 0. The minimum absolute atomic E-state index is 1.21. The van der Waals surface area contributed by atoms with Gasteiger partial charge in [0, 0.05) is 0 Å². The van der Waals surface area contributed by atoms with Crippen LogP contribution in [0, 0.1) is 0 Å². The van der Waals surface area contributed by atoms with Crippen LogP contribution in [0.5, 0.6) is 0 Å². The molecule has 206 valence electrons. The highest BCUT2D eigenvalue weighted by Gasteiger charge is 2.19. The van der Waals surface area contributed by atoms with Crippen molar-refractivity contribution in [3.8, 4) is 55.6 Å². The van der Waals surface area contributed by atoms with Crippen molar-refractivity contribution in [3.05, 3.63) is 182 Å². The summed E-state index contributed by atoms with van der Waals surface area (Å²) >= 11 is 0. The fraction of sp³-hybridized carbons (Fsp3) is 0. The first-order chi connectivity index (χ1) is 21.8. The summed E-state index contributed by atoms with van der Waals surface area (Å²) in [6, 6.07) is 65.9. The Balaban J connectivity index is 1.41. The van der Waals surface area contributed by atoms with Crippen molar-refractivity contribution in [3.63, 3.8) is 0 Å². The van der Waals surface area contributed by atoms with E-state index in [2.05, 4.69) is 182 Å². The van der Waals surface area contributed by atoms with E-state index >= 15 is 0 Å². The monoisotopic (exact) mass is 558 g/mol. The highest BCUT2D eigenvalue weighted by Crippen LogP contribution is 2.46. The zero-order chi connectivity index (χ0) is 29.3. The van der Waals surface area contributed by atoms with Gasteiger partial charge in [0.1, 0.15) is 0 Å². The normalized spacial score (nSPS) is 11.2. The third-order valence-electron chi connectivity index (χ3n) is 8.67. The van der Waals surface area contributed by atoms with Crippen molar-refractivity contribution >= 4 is 21.5 Å². The molecule has 0 unspecified atom stereocenters. The van der Waals surface area contributed by atoms with Crippen LogP contribution in [0.1, 0.15) is 0 Å². The van der Waals surface area contributed by atoms with Crippen molar-refractivity contribution in [2.45, 2.75) is 0 Å². The maximum absolute atomic E-state index is 2.38. The van der Waals surface area contributed by atoms with Gasteiger partial charge in [-0.1, -0.05) is 170 Å².